The molecule has 0 aliphatic rings. The molecule has 0 atom stereocenters. The standard InChI is InChI=1S/C16H16N4O5/c1-19(9-8-15(21)22)16(23)11-2-4-12(5-3-11)18-14-7-6-13(10-17-14)20(24)25/h2-7,10H,8-9H2,1H3,(H,17,18)(H,21,22). The van der Waals surface area contributed by atoms with Crippen LogP contribution in [0.3, 0.4) is 0 Å². The van der Waals surface area contributed by atoms with Gasteiger partial charge in [-0.3, -0.25) is 19.7 Å². The van der Waals surface area contributed by atoms with Crippen LogP contribution >= 0.6 is 0 Å². The van der Waals surface area contributed by atoms with Crippen molar-refractivity contribution in [1.82, 2.24) is 9.88 Å². The van der Waals surface area contributed by atoms with Crippen LogP contribution in [-0.2, 0) is 4.79 Å². The van der Waals surface area contributed by atoms with E-state index >= 15 is 0 Å². The highest BCUT2D eigenvalue weighted by Crippen LogP contribution is 2.18. The number of nitrogens with zero attached hydrogens (tertiary/aromatic N) is 3. The molecule has 0 saturated heterocycles. The van der Waals surface area contributed by atoms with Gasteiger partial charge in [-0.15, -0.1) is 0 Å². The van der Waals surface area contributed by atoms with Gasteiger partial charge in [0.05, 0.1) is 11.3 Å². The number of aliphatic carboxylic acids is 1. The summed E-state index contributed by atoms with van der Waals surface area (Å²) in [6.45, 7) is 0.126. The Balaban J connectivity index is 2.00. The number of carbonyl (C=O) groups excluding carboxylic acids is 1. The predicted octanol–water partition coefficient (Wildman–Crippen LogP) is 2.28. The number of nitrogens with one attached hydrogen (secondary N) is 1. The lowest BCUT2D eigenvalue weighted by molar-refractivity contribution is -0.385. The van der Waals surface area contributed by atoms with Crippen molar-refractivity contribution in [1.29, 1.82) is 0 Å². The summed E-state index contributed by atoms with van der Waals surface area (Å²) in [5.41, 5.74) is 0.983. The monoisotopic (exact) mass is 344 g/mol. The largest absolute Gasteiger partial charge is 0.481 e. The van der Waals surface area contributed by atoms with Crippen molar-refractivity contribution in [3.8, 4) is 0 Å². The Labute approximate surface area is 143 Å². The third-order valence-corrected chi connectivity index (χ3v) is 3.37. The summed E-state index contributed by atoms with van der Waals surface area (Å²) in [6, 6.07) is 9.37. The van der Waals surface area contributed by atoms with Crippen LogP contribution in [0.25, 0.3) is 0 Å². The van der Waals surface area contributed by atoms with Crippen LogP contribution in [0.2, 0.25) is 0 Å². The maximum absolute atomic E-state index is 12.2. The van der Waals surface area contributed by atoms with Gasteiger partial charge in [0.25, 0.3) is 11.6 Å². The molecule has 0 aliphatic carbocycles. The Morgan fingerprint density at radius 3 is 2.44 bits per heavy atom. The maximum atomic E-state index is 12.2. The number of amides is 1. The Morgan fingerprint density at radius 1 is 1.24 bits per heavy atom. The second-order valence-electron chi connectivity index (χ2n) is 5.23. The molecule has 1 heterocycles. The fourth-order valence-electron chi connectivity index (χ4n) is 2.00. The second-order valence-corrected chi connectivity index (χ2v) is 5.23. The Bertz CT molecular complexity index is 774. The van der Waals surface area contributed by atoms with Crippen molar-refractivity contribution in [3.05, 3.63) is 58.3 Å². The van der Waals surface area contributed by atoms with Gasteiger partial charge in [-0.05, 0) is 30.3 Å². The van der Waals surface area contributed by atoms with Crippen molar-refractivity contribution in [3.63, 3.8) is 0 Å². The van der Waals surface area contributed by atoms with Gasteiger partial charge in [-0.25, -0.2) is 4.98 Å². The van der Waals surface area contributed by atoms with Crippen molar-refractivity contribution in [2.45, 2.75) is 6.42 Å². The van der Waals surface area contributed by atoms with E-state index in [2.05, 4.69) is 10.3 Å². The van der Waals surface area contributed by atoms with Gasteiger partial charge in [-0.2, -0.15) is 0 Å². The fraction of sp³-hybridized carbons (Fsp3) is 0.188. The van der Waals surface area contributed by atoms with Gasteiger partial charge in [0.15, 0.2) is 0 Å². The first-order chi connectivity index (χ1) is 11.9. The highest BCUT2D eigenvalue weighted by atomic mass is 16.6. The summed E-state index contributed by atoms with van der Waals surface area (Å²) in [7, 11) is 1.54. The van der Waals surface area contributed by atoms with Crippen molar-refractivity contribution < 1.29 is 19.6 Å². The zero-order valence-electron chi connectivity index (χ0n) is 13.4. The van der Waals surface area contributed by atoms with Gasteiger partial charge in [-0.1, -0.05) is 0 Å². The number of carboxylic acids is 1. The smallest absolute Gasteiger partial charge is 0.305 e. The van der Waals surface area contributed by atoms with Crippen LogP contribution in [0.5, 0.6) is 0 Å². The number of rotatable bonds is 7. The number of aromatic nitrogens is 1. The summed E-state index contributed by atoms with van der Waals surface area (Å²) >= 11 is 0. The third-order valence-electron chi connectivity index (χ3n) is 3.37. The minimum absolute atomic E-state index is 0.101. The summed E-state index contributed by atoms with van der Waals surface area (Å²) in [5.74, 6) is -0.806. The molecular weight excluding hydrogens is 328 g/mol. The predicted molar refractivity (Wildman–Crippen MR) is 89.8 cm³/mol. The molecule has 0 aliphatic heterocycles. The number of carbonyl (C=O) groups is 2. The molecule has 1 aromatic carbocycles. The van der Waals surface area contributed by atoms with Crippen molar-refractivity contribution >= 4 is 29.1 Å². The lowest BCUT2D eigenvalue weighted by atomic mass is 10.2. The van der Waals surface area contributed by atoms with E-state index in [0.717, 1.165) is 6.20 Å². The molecule has 2 rings (SSSR count). The van der Waals surface area contributed by atoms with Crippen LogP contribution in [0.4, 0.5) is 17.2 Å². The summed E-state index contributed by atoms with van der Waals surface area (Å²) in [6.07, 6.45) is 1.03. The topological polar surface area (TPSA) is 126 Å². The van der Waals surface area contributed by atoms with Crippen molar-refractivity contribution in [2.24, 2.45) is 0 Å². The van der Waals surface area contributed by atoms with Crippen LogP contribution in [0, 0.1) is 10.1 Å². The van der Waals surface area contributed by atoms with Gasteiger partial charge in [0, 0.05) is 30.9 Å². The quantitative estimate of drug-likeness (QED) is 0.583. The molecule has 130 valence electrons. The zero-order valence-corrected chi connectivity index (χ0v) is 13.4. The van der Waals surface area contributed by atoms with Gasteiger partial charge >= 0.3 is 5.97 Å². The van der Waals surface area contributed by atoms with Gasteiger partial charge in [0.1, 0.15) is 12.0 Å². The first-order valence-electron chi connectivity index (χ1n) is 7.31. The highest BCUT2D eigenvalue weighted by molar-refractivity contribution is 5.94. The van der Waals surface area contributed by atoms with E-state index in [1.54, 1.807) is 24.3 Å². The molecule has 0 bridgehead atoms. The molecule has 9 nitrogen and oxygen atoms in total. The van der Waals surface area contributed by atoms with E-state index in [1.165, 1.54) is 24.1 Å². The molecule has 25 heavy (non-hydrogen) atoms. The first-order valence-corrected chi connectivity index (χ1v) is 7.31. The molecule has 1 amide bonds. The molecule has 0 fully saturated rings. The summed E-state index contributed by atoms with van der Waals surface area (Å²) in [4.78, 5) is 38.1. The molecular formula is C16H16N4O5. The number of carboxylic acid groups (broad SMARTS) is 1. The molecule has 2 aromatic rings. The normalized spacial score (nSPS) is 10.1. The molecule has 0 saturated carbocycles. The first kappa shape index (κ1) is 17.9. The molecule has 2 N–H and O–H groups in total. The van der Waals surface area contributed by atoms with Gasteiger partial charge in [0.2, 0.25) is 0 Å². The minimum atomic E-state index is -0.963. The number of nitro groups is 1. The maximum Gasteiger partial charge on any atom is 0.305 e. The average molecular weight is 344 g/mol. The molecule has 9 heteroatoms. The van der Waals surface area contributed by atoms with Crippen LogP contribution in [0.1, 0.15) is 16.8 Å². The van der Waals surface area contributed by atoms with E-state index in [0.29, 0.717) is 17.1 Å². The molecule has 0 unspecified atom stereocenters. The van der Waals surface area contributed by atoms with Crippen LogP contribution in [-0.4, -0.2) is 45.4 Å². The van der Waals surface area contributed by atoms with E-state index in [4.69, 9.17) is 5.11 Å². The Morgan fingerprint density at radius 2 is 1.92 bits per heavy atom. The number of hydrogen-bond donors (Lipinski definition) is 2. The molecule has 1 aromatic heterocycles. The number of anilines is 2. The van der Waals surface area contributed by atoms with E-state index in [1.807, 2.05) is 0 Å². The summed E-state index contributed by atoms with van der Waals surface area (Å²) < 4.78 is 0. The lowest BCUT2D eigenvalue weighted by Gasteiger charge is -2.16. The fourth-order valence-corrected chi connectivity index (χ4v) is 2.00. The average Bonchev–Trinajstić information content (AvgIpc) is 2.60. The van der Waals surface area contributed by atoms with Crippen LogP contribution in [0.15, 0.2) is 42.6 Å². The lowest BCUT2D eigenvalue weighted by Crippen LogP contribution is -2.28. The van der Waals surface area contributed by atoms with E-state index < -0.39 is 10.9 Å². The molecule has 0 spiro atoms. The van der Waals surface area contributed by atoms with Gasteiger partial charge < -0.3 is 15.3 Å². The SMILES string of the molecule is CN(CCC(=O)O)C(=O)c1ccc(Nc2ccc([N+](=O)[O-])cn2)cc1. The van der Waals surface area contributed by atoms with Crippen LogP contribution < -0.4 is 5.32 Å². The summed E-state index contributed by atoms with van der Waals surface area (Å²) in [5, 5.41) is 22.2. The van der Waals surface area contributed by atoms with E-state index in [-0.39, 0.29) is 24.6 Å². The number of hydrogen-bond acceptors (Lipinski definition) is 6. The van der Waals surface area contributed by atoms with E-state index in [9.17, 15) is 19.7 Å². The second kappa shape index (κ2) is 7.86. The number of benzene rings is 1. The minimum Gasteiger partial charge on any atom is -0.481 e. The molecule has 0 radical (unpaired) electrons. The third kappa shape index (κ3) is 4.99. The highest BCUT2D eigenvalue weighted by Gasteiger charge is 2.13. The zero-order chi connectivity index (χ0) is 18.4. The Hall–Kier alpha value is -3.49. The van der Waals surface area contributed by atoms with Crippen molar-refractivity contribution in [2.75, 3.05) is 18.9 Å². The Kier molecular flexibility index (Phi) is 5.62. The number of pyridine rings is 1.